The molecule has 4 unspecified atom stereocenters. The number of aromatic nitrogens is 2. The van der Waals surface area contributed by atoms with Crippen LogP contribution in [0.25, 0.3) is 0 Å². The maximum Gasteiger partial charge on any atom is 0.388 e. The van der Waals surface area contributed by atoms with E-state index in [1.54, 1.807) is 0 Å². The van der Waals surface area contributed by atoms with Gasteiger partial charge in [-0.05, 0) is 12.1 Å². The minimum Gasteiger partial charge on any atom is -0.386 e. The number of anilines is 1. The Bertz CT molecular complexity index is 800. The molecular weight excluding hydrogens is 399 g/mol. The van der Waals surface area contributed by atoms with Gasteiger partial charge in [-0.25, -0.2) is 9.18 Å². The van der Waals surface area contributed by atoms with Crippen LogP contribution in [0, 0.1) is 0 Å². The number of hydrogen-bond donors (Lipinski definition) is 2. The Morgan fingerprint density at radius 1 is 1.62 bits per heavy atom. The van der Waals surface area contributed by atoms with Crippen LogP contribution in [-0.2, 0) is 18.3 Å². The lowest BCUT2D eigenvalue weighted by atomic mass is 9.98. The highest BCUT2D eigenvalue weighted by Gasteiger charge is 2.56. The first kappa shape index (κ1) is 20.9. The summed E-state index contributed by atoms with van der Waals surface area (Å²) in [6.45, 7) is 0. The van der Waals surface area contributed by atoms with Crippen molar-refractivity contribution in [2.45, 2.75) is 24.1 Å². The molecule has 13 heteroatoms. The van der Waals surface area contributed by atoms with Gasteiger partial charge in [0.05, 0.1) is 5.88 Å². The van der Waals surface area contributed by atoms with Crippen molar-refractivity contribution < 1.29 is 32.2 Å². The van der Waals surface area contributed by atoms with Crippen molar-refractivity contribution in [2.24, 2.45) is 0 Å². The first-order chi connectivity index (χ1) is 12.1. The van der Waals surface area contributed by atoms with Crippen molar-refractivity contribution in [2.75, 3.05) is 25.8 Å². The summed E-state index contributed by atoms with van der Waals surface area (Å²) in [5, 5.41) is 10.2. The van der Waals surface area contributed by atoms with Crippen LogP contribution in [0.15, 0.2) is 28.7 Å². The number of nitrogens with two attached hydrogens (primary N) is 1. The van der Waals surface area contributed by atoms with Gasteiger partial charge in [-0.15, -0.1) is 11.6 Å². The van der Waals surface area contributed by atoms with E-state index in [2.05, 4.69) is 14.0 Å². The van der Waals surface area contributed by atoms with Crippen molar-refractivity contribution >= 4 is 25.0 Å². The van der Waals surface area contributed by atoms with Gasteiger partial charge in [0.15, 0.2) is 12.4 Å². The average Bonchev–Trinajstić information content (AvgIpc) is 2.86. The molecule has 0 spiro atoms. The Kier molecular flexibility index (Phi) is 6.21. The Hall–Kier alpha value is -1.36. The van der Waals surface area contributed by atoms with Crippen LogP contribution in [0.5, 0.6) is 0 Å². The lowest BCUT2D eigenvalue weighted by Crippen LogP contribution is -2.42. The van der Waals surface area contributed by atoms with Crippen molar-refractivity contribution in [3.63, 3.8) is 0 Å². The van der Waals surface area contributed by atoms with Gasteiger partial charge in [0.25, 0.3) is 0 Å². The van der Waals surface area contributed by atoms with E-state index in [1.807, 2.05) is 0 Å². The van der Waals surface area contributed by atoms with Crippen LogP contribution < -0.4 is 11.4 Å². The van der Waals surface area contributed by atoms with Crippen molar-refractivity contribution in [3.8, 4) is 0 Å². The summed E-state index contributed by atoms with van der Waals surface area (Å²) in [5.74, 6) is -0.723. The molecule has 0 saturated carbocycles. The third-order valence-electron chi connectivity index (χ3n) is 3.86. The molecule has 1 aliphatic heterocycles. The predicted molar refractivity (Wildman–Crippen MR) is 88.2 cm³/mol. The molecule has 0 bridgehead atoms. The molecule has 2 rings (SSSR count). The normalized spacial score (nSPS) is 29.9. The monoisotopic (exact) mass is 415 g/mol. The standard InChI is InChI=1S/C13H17ClF2N3O6P/c1-23-26(22,24-2)7(15)5-13(6-14)10(20)9(16)11(25-13)19-4-3-8(17)18-12(19)21/h3-5,9-11,20H,6H2,1-2H3,(H2,17,18,21). The summed E-state index contributed by atoms with van der Waals surface area (Å²) in [4.78, 5) is 15.3. The SMILES string of the molecule is COP(=O)(OC)C(F)=CC1(CCl)OC(n2ccc(N)nc2=O)C(F)C1O. The van der Waals surface area contributed by atoms with Crippen LogP contribution >= 0.6 is 19.2 Å². The van der Waals surface area contributed by atoms with E-state index < -0.39 is 48.8 Å². The first-order valence-electron chi connectivity index (χ1n) is 7.15. The molecule has 4 atom stereocenters. The van der Waals surface area contributed by atoms with Crippen LogP contribution in [0.1, 0.15) is 6.23 Å². The Labute approximate surface area is 151 Å². The van der Waals surface area contributed by atoms with Gasteiger partial charge in [0.1, 0.15) is 17.5 Å². The minimum atomic E-state index is -4.31. The largest absolute Gasteiger partial charge is 0.388 e. The number of aliphatic hydroxyl groups excluding tert-OH is 1. The van der Waals surface area contributed by atoms with Gasteiger partial charge in [0, 0.05) is 20.4 Å². The van der Waals surface area contributed by atoms with Gasteiger partial charge in [-0.3, -0.25) is 9.13 Å². The second-order valence-corrected chi connectivity index (χ2v) is 7.78. The minimum absolute atomic E-state index is 0.101. The molecule has 1 aromatic rings. The summed E-state index contributed by atoms with van der Waals surface area (Å²) < 4.78 is 56.1. The first-order valence-corrected chi connectivity index (χ1v) is 9.23. The quantitative estimate of drug-likeness (QED) is 0.526. The van der Waals surface area contributed by atoms with Gasteiger partial charge < -0.3 is 24.6 Å². The zero-order valence-corrected chi connectivity index (χ0v) is 15.4. The summed E-state index contributed by atoms with van der Waals surface area (Å²) in [6, 6.07) is 1.21. The van der Waals surface area contributed by atoms with Gasteiger partial charge in [0.2, 0.25) is 5.57 Å². The lowest BCUT2D eigenvalue weighted by molar-refractivity contribution is -0.0616. The molecular formula is C13H17ClF2N3O6P. The molecule has 1 fully saturated rings. The van der Waals surface area contributed by atoms with Crippen LogP contribution in [0.3, 0.4) is 0 Å². The molecule has 26 heavy (non-hydrogen) atoms. The Morgan fingerprint density at radius 3 is 2.73 bits per heavy atom. The second-order valence-electron chi connectivity index (χ2n) is 5.36. The fourth-order valence-electron chi connectivity index (χ4n) is 2.41. The number of hydrogen-bond acceptors (Lipinski definition) is 8. The number of ether oxygens (including phenoxy) is 1. The van der Waals surface area contributed by atoms with E-state index in [4.69, 9.17) is 22.1 Å². The van der Waals surface area contributed by atoms with Crippen molar-refractivity contribution in [3.05, 3.63) is 34.4 Å². The molecule has 3 N–H and O–H groups in total. The molecule has 146 valence electrons. The molecule has 1 aliphatic rings. The average molecular weight is 416 g/mol. The topological polar surface area (TPSA) is 126 Å². The molecule has 1 aromatic heterocycles. The number of aliphatic hydroxyl groups is 1. The molecule has 0 radical (unpaired) electrons. The molecule has 0 aromatic carbocycles. The smallest absolute Gasteiger partial charge is 0.386 e. The highest BCUT2D eigenvalue weighted by molar-refractivity contribution is 7.58. The second kappa shape index (κ2) is 7.71. The summed E-state index contributed by atoms with van der Waals surface area (Å²) in [5.41, 5.74) is 0.851. The Balaban J connectivity index is 2.48. The third kappa shape index (κ3) is 3.55. The van der Waals surface area contributed by atoms with Crippen molar-refractivity contribution in [1.82, 2.24) is 9.55 Å². The summed E-state index contributed by atoms with van der Waals surface area (Å²) >= 11 is 5.77. The highest BCUT2D eigenvalue weighted by atomic mass is 35.5. The van der Waals surface area contributed by atoms with E-state index in [1.165, 1.54) is 6.07 Å². The van der Waals surface area contributed by atoms with Crippen LogP contribution in [0.4, 0.5) is 14.6 Å². The van der Waals surface area contributed by atoms with Crippen molar-refractivity contribution in [1.29, 1.82) is 0 Å². The van der Waals surface area contributed by atoms with Gasteiger partial charge in [-0.2, -0.15) is 9.37 Å². The molecule has 9 nitrogen and oxygen atoms in total. The summed E-state index contributed by atoms with van der Waals surface area (Å²) in [6.07, 6.45) is -4.19. The number of nitrogens with zero attached hydrogens (tertiary/aromatic N) is 2. The van der Waals surface area contributed by atoms with E-state index in [0.29, 0.717) is 6.08 Å². The molecule has 2 heterocycles. The summed E-state index contributed by atoms with van der Waals surface area (Å²) in [7, 11) is -2.43. The fraction of sp³-hybridized carbons (Fsp3) is 0.538. The number of nitrogen functional groups attached to an aromatic ring is 1. The van der Waals surface area contributed by atoms with E-state index >= 15 is 0 Å². The van der Waals surface area contributed by atoms with E-state index in [-0.39, 0.29) is 5.82 Å². The maximum atomic E-state index is 14.6. The van der Waals surface area contributed by atoms with E-state index in [0.717, 1.165) is 25.0 Å². The van der Waals surface area contributed by atoms with Gasteiger partial charge in [-0.1, -0.05) is 0 Å². The maximum absolute atomic E-state index is 14.6. The van der Waals surface area contributed by atoms with Crippen LogP contribution in [-0.4, -0.2) is 52.6 Å². The molecule has 1 saturated heterocycles. The third-order valence-corrected chi connectivity index (χ3v) is 5.89. The number of rotatable bonds is 6. The molecule has 0 aliphatic carbocycles. The molecule has 0 amide bonds. The van der Waals surface area contributed by atoms with E-state index in [9.17, 15) is 23.2 Å². The lowest BCUT2D eigenvalue weighted by Gasteiger charge is -2.26. The Morgan fingerprint density at radius 2 is 2.23 bits per heavy atom. The predicted octanol–water partition coefficient (Wildman–Crippen LogP) is 1.33. The number of halogens is 3. The number of alkyl halides is 2. The fourth-order valence-corrected chi connectivity index (χ4v) is 3.59. The highest BCUT2D eigenvalue weighted by Crippen LogP contribution is 2.57. The zero-order valence-electron chi connectivity index (χ0n) is 13.7. The zero-order chi connectivity index (χ0) is 19.7. The van der Waals surface area contributed by atoms with Crippen LogP contribution in [0.2, 0.25) is 0 Å². The van der Waals surface area contributed by atoms with Gasteiger partial charge >= 0.3 is 13.3 Å².